The lowest BCUT2D eigenvalue weighted by molar-refractivity contribution is -0.0398. The minimum absolute atomic E-state index is 0.236. The predicted molar refractivity (Wildman–Crippen MR) is 116 cm³/mol. The van der Waals surface area contributed by atoms with Gasteiger partial charge < -0.3 is 14.4 Å². The van der Waals surface area contributed by atoms with E-state index < -0.39 is 12.5 Å². The van der Waals surface area contributed by atoms with Crippen LogP contribution in [0.5, 0.6) is 0 Å². The molecule has 3 heterocycles. The first-order valence-corrected chi connectivity index (χ1v) is 10.5. The smallest absolute Gasteiger partial charge is 0.280 e. The molecule has 6 nitrogen and oxygen atoms in total. The number of rotatable bonds is 4. The summed E-state index contributed by atoms with van der Waals surface area (Å²) in [5.41, 5.74) is 2.52. The number of nitrogens with one attached hydrogen (secondary N) is 1. The van der Waals surface area contributed by atoms with Gasteiger partial charge in [0.25, 0.3) is 6.43 Å². The van der Waals surface area contributed by atoms with Crippen LogP contribution in [0.2, 0.25) is 0 Å². The molecule has 8 heteroatoms. The summed E-state index contributed by atoms with van der Waals surface area (Å²) in [5.74, 6) is 0. The summed E-state index contributed by atoms with van der Waals surface area (Å²) in [6.45, 7) is 0.760. The third-order valence-electron chi connectivity index (χ3n) is 6.04. The monoisotopic (exact) mass is 436 g/mol. The van der Waals surface area contributed by atoms with Gasteiger partial charge in [0.05, 0.1) is 30.6 Å². The Morgan fingerprint density at radius 3 is 2.66 bits per heavy atom. The van der Waals surface area contributed by atoms with Gasteiger partial charge in [-0.3, -0.25) is 10.4 Å². The van der Waals surface area contributed by atoms with Crippen LogP contribution in [-0.4, -0.2) is 39.0 Å². The quantitative estimate of drug-likeness (QED) is 0.475. The fourth-order valence-electron chi connectivity index (χ4n) is 4.39. The van der Waals surface area contributed by atoms with Gasteiger partial charge in [0.1, 0.15) is 11.2 Å². The zero-order valence-corrected chi connectivity index (χ0v) is 17.2. The van der Waals surface area contributed by atoms with Gasteiger partial charge in [-0.25, -0.2) is 13.8 Å². The Morgan fingerprint density at radius 2 is 1.94 bits per heavy atom. The average Bonchev–Trinajstić information content (AvgIpc) is 2.81. The molecule has 32 heavy (non-hydrogen) atoms. The van der Waals surface area contributed by atoms with Crippen molar-refractivity contribution in [3.63, 3.8) is 0 Å². The molecule has 164 valence electrons. The molecule has 1 fully saturated rings. The minimum atomic E-state index is -2.60. The second-order valence-electron chi connectivity index (χ2n) is 8.04. The van der Waals surface area contributed by atoms with Gasteiger partial charge >= 0.3 is 0 Å². The Bertz CT molecular complexity index is 1340. The molecule has 0 amide bonds. The summed E-state index contributed by atoms with van der Waals surface area (Å²) < 4.78 is 32.8. The van der Waals surface area contributed by atoms with Gasteiger partial charge in [0.2, 0.25) is 0 Å². The number of alkyl halides is 2. The number of aromatic nitrogens is 3. The van der Waals surface area contributed by atoms with Crippen molar-refractivity contribution in [3.05, 3.63) is 77.3 Å². The Morgan fingerprint density at radius 1 is 1.12 bits per heavy atom. The number of nitrogens with zero attached hydrogens (tertiary/aromatic N) is 3. The van der Waals surface area contributed by atoms with Crippen LogP contribution in [-0.2, 0) is 11.2 Å². The van der Waals surface area contributed by atoms with E-state index >= 15 is 0 Å². The van der Waals surface area contributed by atoms with Crippen molar-refractivity contribution in [2.24, 2.45) is 0 Å². The van der Waals surface area contributed by atoms with Crippen LogP contribution >= 0.6 is 0 Å². The molecule has 5 rings (SSSR count). The molecule has 2 N–H and O–H groups in total. The van der Waals surface area contributed by atoms with Crippen molar-refractivity contribution in [1.29, 1.82) is 5.41 Å². The number of hydrogen-bond acceptors (Lipinski definition) is 5. The van der Waals surface area contributed by atoms with Crippen LogP contribution < -0.4 is 5.49 Å². The summed E-state index contributed by atoms with van der Waals surface area (Å²) in [7, 11) is 0. The van der Waals surface area contributed by atoms with Crippen molar-refractivity contribution in [2.75, 3.05) is 13.2 Å². The van der Waals surface area contributed by atoms with Crippen LogP contribution in [0.15, 0.2) is 55.0 Å². The SMILES string of the molecule is N=c1c2cc(Cc3ccc(C(F)F)nc3)c3ccccc3c2ncn1[C@H]1CCOC[C@@H]1O. The van der Waals surface area contributed by atoms with Crippen LogP contribution in [0.3, 0.4) is 0 Å². The van der Waals surface area contributed by atoms with E-state index in [0.29, 0.717) is 24.8 Å². The molecule has 4 aromatic rings. The van der Waals surface area contributed by atoms with E-state index in [1.54, 1.807) is 17.0 Å². The molecule has 0 saturated carbocycles. The van der Waals surface area contributed by atoms with E-state index in [9.17, 15) is 13.9 Å². The summed E-state index contributed by atoms with van der Waals surface area (Å²) >= 11 is 0. The number of halogens is 2. The van der Waals surface area contributed by atoms with Crippen molar-refractivity contribution >= 4 is 21.7 Å². The first-order valence-electron chi connectivity index (χ1n) is 10.5. The first kappa shape index (κ1) is 20.7. The maximum atomic E-state index is 12.9. The molecule has 1 aliphatic rings. The van der Waals surface area contributed by atoms with Gasteiger partial charge in [-0.15, -0.1) is 0 Å². The van der Waals surface area contributed by atoms with Gasteiger partial charge in [0.15, 0.2) is 0 Å². The molecule has 0 radical (unpaired) electrons. The minimum Gasteiger partial charge on any atom is -0.389 e. The maximum Gasteiger partial charge on any atom is 0.280 e. The van der Waals surface area contributed by atoms with E-state index in [0.717, 1.165) is 27.4 Å². The van der Waals surface area contributed by atoms with Crippen molar-refractivity contribution in [3.8, 4) is 0 Å². The normalized spacial score (nSPS) is 19.1. The Balaban J connectivity index is 1.64. The van der Waals surface area contributed by atoms with Gasteiger partial charge in [0, 0.05) is 23.6 Å². The van der Waals surface area contributed by atoms with E-state index in [2.05, 4.69) is 9.97 Å². The lowest BCUT2D eigenvalue weighted by atomic mass is 9.96. The molecule has 0 spiro atoms. The summed E-state index contributed by atoms with van der Waals surface area (Å²) in [4.78, 5) is 8.53. The number of benzene rings is 2. The molecule has 2 atom stereocenters. The third-order valence-corrected chi connectivity index (χ3v) is 6.04. The van der Waals surface area contributed by atoms with Crippen LogP contribution in [0, 0.1) is 5.41 Å². The van der Waals surface area contributed by atoms with Gasteiger partial charge in [-0.05, 0) is 41.5 Å². The molecule has 0 bridgehead atoms. The highest BCUT2D eigenvalue weighted by Crippen LogP contribution is 2.29. The maximum absolute atomic E-state index is 12.9. The summed E-state index contributed by atoms with van der Waals surface area (Å²) in [5, 5.41) is 21.8. The molecule has 2 aromatic carbocycles. The standard InChI is InChI=1S/C24H22F2N4O2/c25-23(26)19-6-5-14(11-28-19)9-15-10-18-22(17-4-2-1-3-16(15)17)29-13-30(24(18)27)20-7-8-32-12-21(20)31/h1-6,10-11,13,20-21,23,27,31H,7-9,12H2/t20-,21-/m0/s1. The fraction of sp³-hybridized carbons (Fsp3) is 0.292. The highest BCUT2D eigenvalue weighted by molar-refractivity contribution is 6.06. The van der Waals surface area contributed by atoms with Gasteiger partial charge in [-0.1, -0.05) is 30.3 Å². The topological polar surface area (TPSA) is 84.0 Å². The fourth-order valence-corrected chi connectivity index (χ4v) is 4.39. The number of fused-ring (bicyclic) bond motifs is 3. The Kier molecular flexibility index (Phi) is 5.40. The number of ether oxygens (including phenoxy) is 1. The number of aliphatic hydroxyl groups excluding tert-OH is 1. The number of pyridine rings is 1. The lowest BCUT2D eigenvalue weighted by Crippen LogP contribution is -2.39. The van der Waals surface area contributed by atoms with Crippen LogP contribution in [0.1, 0.15) is 35.7 Å². The van der Waals surface area contributed by atoms with E-state index in [1.807, 2.05) is 30.3 Å². The first-order chi connectivity index (χ1) is 15.5. The second kappa shape index (κ2) is 8.37. The van der Waals surface area contributed by atoms with E-state index in [-0.39, 0.29) is 23.8 Å². The highest BCUT2D eigenvalue weighted by Gasteiger charge is 2.26. The molecule has 0 unspecified atom stereocenters. The Labute approximate surface area is 182 Å². The van der Waals surface area contributed by atoms with Crippen LogP contribution in [0.4, 0.5) is 8.78 Å². The zero-order chi connectivity index (χ0) is 22.2. The predicted octanol–water partition coefficient (Wildman–Crippen LogP) is 3.91. The second-order valence-corrected chi connectivity index (χ2v) is 8.04. The van der Waals surface area contributed by atoms with Crippen LogP contribution in [0.25, 0.3) is 21.7 Å². The lowest BCUT2D eigenvalue weighted by Gasteiger charge is -2.29. The highest BCUT2D eigenvalue weighted by atomic mass is 19.3. The summed E-state index contributed by atoms with van der Waals surface area (Å²) in [6.07, 6.45) is 0.900. The van der Waals surface area contributed by atoms with Gasteiger partial charge in [-0.2, -0.15) is 0 Å². The zero-order valence-electron chi connectivity index (χ0n) is 17.2. The molecular formula is C24H22F2N4O2. The third kappa shape index (κ3) is 3.65. The summed E-state index contributed by atoms with van der Waals surface area (Å²) in [6, 6.07) is 12.5. The van der Waals surface area contributed by atoms with Crippen molar-refractivity contribution in [1.82, 2.24) is 14.5 Å². The molecule has 1 aliphatic heterocycles. The van der Waals surface area contributed by atoms with Crippen molar-refractivity contribution < 1.29 is 18.6 Å². The van der Waals surface area contributed by atoms with Crippen molar-refractivity contribution in [2.45, 2.75) is 31.4 Å². The number of hydrogen-bond donors (Lipinski definition) is 2. The average molecular weight is 436 g/mol. The molecule has 1 saturated heterocycles. The Hall–Kier alpha value is -3.23. The largest absolute Gasteiger partial charge is 0.389 e. The molecule has 2 aromatic heterocycles. The molecular weight excluding hydrogens is 414 g/mol. The van der Waals surface area contributed by atoms with E-state index in [1.165, 1.54) is 12.3 Å². The molecule has 0 aliphatic carbocycles. The van der Waals surface area contributed by atoms with E-state index in [4.69, 9.17) is 10.1 Å². The number of aliphatic hydroxyl groups is 1.